The molecular formula is C10H13N5OS. The standard InChI is InChI=1S/C10H13N5OS/c1-7(2)17-10-12-9(14-15-10)13-11-6-8-4-3-5-16-8/h3-7H,1-2H3,(H2,12,13,14,15)/b11-6-. The summed E-state index contributed by atoms with van der Waals surface area (Å²) in [6.07, 6.45) is 3.16. The van der Waals surface area contributed by atoms with E-state index in [1.165, 1.54) is 0 Å². The fraction of sp³-hybridized carbons (Fsp3) is 0.300. The van der Waals surface area contributed by atoms with Crippen molar-refractivity contribution >= 4 is 23.9 Å². The average Bonchev–Trinajstić information content (AvgIpc) is 2.89. The molecule has 0 amide bonds. The van der Waals surface area contributed by atoms with E-state index in [1.807, 2.05) is 6.07 Å². The lowest BCUT2D eigenvalue weighted by Gasteiger charge is -1.96. The molecule has 0 aliphatic heterocycles. The minimum absolute atomic E-state index is 0.449. The maximum atomic E-state index is 5.09. The summed E-state index contributed by atoms with van der Waals surface area (Å²) in [5.41, 5.74) is 2.74. The lowest BCUT2D eigenvalue weighted by atomic mass is 10.5. The van der Waals surface area contributed by atoms with Crippen LogP contribution in [-0.4, -0.2) is 26.6 Å². The number of nitrogens with one attached hydrogen (secondary N) is 2. The van der Waals surface area contributed by atoms with Crippen LogP contribution in [0.4, 0.5) is 5.95 Å². The minimum atomic E-state index is 0.449. The van der Waals surface area contributed by atoms with Crippen LogP contribution in [0.3, 0.4) is 0 Å². The highest BCUT2D eigenvalue weighted by Crippen LogP contribution is 2.18. The summed E-state index contributed by atoms with van der Waals surface area (Å²) in [7, 11) is 0. The van der Waals surface area contributed by atoms with Gasteiger partial charge in [0.25, 0.3) is 0 Å². The summed E-state index contributed by atoms with van der Waals surface area (Å²) in [6.45, 7) is 4.17. The molecule has 0 unspecified atom stereocenters. The van der Waals surface area contributed by atoms with Gasteiger partial charge in [-0.15, -0.1) is 5.10 Å². The van der Waals surface area contributed by atoms with Crippen molar-refractivity contribution in [3.05, 3.63) is 24.2 Å². The molecule has 6 nitrogen and oxygen atoms in total. The fourth-order valence-corrected chi connectivity index (χ4v) is 1.75. The summed E-state index contributed by atoms with van der Waals surface area (Å²) in [5.74, 6) is 1.18. The van der Waals surface area contributed by atoms with Gasteiger partial charge in [-0.2, -0.15) is 10.1 Å². The summed E-state index contributed by atoms with van der Waals surface area (Å²) in [5, 5.41) is 11.9. The topological polar surface area (TPSA) is 79.1 Å². The Morgan fingerprint density at radius 2 is 2.47 bits per heavy atom. The highest BCUT2D eigenvalue weighted by Gasteiger charge is 2.04. The first-order valence-corrected chi connectivity index (χ1v) is 6.03. The molecule has 0 saturated carbocycles. The lowest BCUT2D eigenvalue weighted by molar-refractivity contribution is 0.560. The molecule has 2 N–H and O–H groups in total. The van der Waals surface area contributed by atoms with Crippen molar-refractivity contribution in [3.8, 4) is 0 Å². The molecule has 90 valence electrons. The first-order valence-electron chi connectivity index (χ1n) is 5.15. The number of thioether (sulfide) groups is 1. The number of furan rings is 1. The largest absolute Gasteiger partial charge is 0.463 e. The summed E-state index contributed by atoms with van der Waals surface area (Å²) in [4.78, 5) is 4.21. The molecule has 7 heteroatoms. The van der Waals surface area contributed by atoms with E-state index in [9.17, 15) is 0 Å². The van der Waals surface area contributed by atoms with Gasteiger partial charge in [0.1, 0.15) is 5.76 Å². The maximum Gasteiger partial charge on any atom is 0.240 e. The highest BCUT2D eigenvalue weighted by molar-refractivity contribution is 7.99. The number of hydrogen-bond acceptors (Lipinski definition) is 6. The third-order valence-corrected chi connectivity index (χ3v) is 2.58. The van der Waals surface area contributed by atoms with Crippen molar-refractivity contribution < 1.29 is 4.42 Å². The van der Waals surface area contributed by atoms with E-state index in [2.05, 4.69) is 39.6 Å². The van der Waals surface area contributed by atoms with Gasteiger partial charge in [0, 0.05) is 5.25 Å². The molecule has 0 bridgehead atoms. The van der Waals surface area contributed by atoms with Crippen molar-refractivity contribution in [2.75, 3.05) is 5.43 Å². The van der Waals surface area contributed by atoms with Gasteiger partial charge in [-0.05, 0) is 12.1 Å². The Hall–Kier alpha value is -1.76. The first kappa shape index (κ1) is 11.7. The number of hydrazone groups is 1. The van der Waals surface area contributed by atoms with Crippen LogP contribution in [0.15, 0.2) is 33.1 Å². The van der Waals surface area contributed by atoms with Gasteiger partial charge in [-0.1, -0.05) is 25.6 Å². The number of aromatic amines is 1. The number of anilines is 1. The number of nitrogens with zero attached hydrogens (tertiary/aromatic N) is 3. The van der Waals surface area contributed by atoms with Crippen LogP contribution in [0.2, 0.25) is 0 Å². The van der Waals surface area contributed by atoms with E-state index in [-0.39, 0.29) is 0 Å². The molecule has 17 heavy (non-hydrogen) atoms. The van der Waals surface area contributed by atoms with Crippen LogP contribution in [-0.2, 0) is 0 Å². The maximum absolute atomic E-state index is 5.09. The number of H-pyrrole nitrogens is 1. The molecule has 0 fully saturated rings. The minimum Gasteiger partial charge on any atom is -0.463 e. The van der Waals surface area contributed by atoms with Crippen molar-refractivity contribution in [2.24, 2.45) is 5.10 Å². The van der Waals surface area contributed by atoms with Gasteiger partial charge in [0.2, 0.25) is 11.1 Å². The smallest absolute Gasteiger partial charge is 0.240 e. The Labute approximate surface area is 103 Å². The van der Waals surface area contributed by atoms with E-state index in [4.69, 9.17) is 4.42 Å². The second-order valence-electron chi connectivity index (χ2n) is 3.52. The second kappa shape index (κ2) is 5.53. The van der Waals surface area contributed by atoms with Gasteiger partial charge in [-0.3, -0.25) is 0 Å². The molecule has 0 aliphatic carbocycles. The van der Waals surface area contributed by atoms with E-state index in [0.29, 0.717) is 22.1 Å². The second-order valence-corrected chi connectivity index (χ2v) is 5.06. The Morgan fingerprint density at radius 3 is 3.18 bits per heavy atom. The van der Waals surface area contributed by atoms with Crippen LogP contribution in [0.25, 0.3) is 0 Å². The Bertz CT molecular complexity index is 477. The van der Waals surface area contributed by atoms with Crippen LogP contribution in [0.5, 0.6) is 0 Å². The molecule has 0 atom stereocenters. The van der Waals surface area contributed by atoms with Crippen LogP contribution < -0.4 is 5.43 Å². The average molecular weight is 251 g/mol. The molecular weight excluding hydrogens is 238 g/mol. The van der Waals surface area contributed by atoms with Gasteiger partial charge in [0.05, 0.1) is 12.5 Å². The monoisotopic (exact) mass is 251 g/mol. The third kappa shape index (κ3) is 3.63. The van der Waals surface area contributed by atoms with Crippen LogP contribution >= 0.6 is 11.8 Å². The normalized spacial score (nSPS) is 11.5. The number of hydrogen-bond donors (Lipinski definition) is 2. The van der Waals surface area contributed by atoms with Gasteiger partial charge in [0.15, 0.2) is 0 Å². The van der Waals surface area contributed by atoms with Crippen molar-refractivity contribution in [2.45, 2.75) is 24.3 Å². The van der Waals surface area contributed by atoms with E-state index in [1.54, 1.807) is 30.3 Å². The molecule has 0 aliphatic rings. The van der Waals surface area contributed by atoms with Crippen molar-refractivity contribution in [1.29, 1.82) is 0 Å². The first-order chi connectivity index (χ1) is 8.24. The van der Waals surface area contributed by atoms with Crippen LogP contribution in [0.1, 0.15) is 19.6 Å². The zero-order chi connectivity index (χ0) is 12.1. The molecule has 0 aromatic carbocycles. The molecule has 2 aromatic heterocycles. The Balaban J connectivity index is 1.89. The van der Waals surface area contributed by atoms with Crippen LogP contribution in [0, 0.1) is 0 Å². The van der Waals surface area contributed by atoms with Crippen molar-refractivity contribution in [3.63, 3.8) is 0 Å². The molecule has 0 spiro atoms. The number of rotatable bonds is 5. The quantitative estimate of drug-likeness (QED) is 0.484. The fourth-order valence-electron chi connectivity index (χ4n) is 1.08. The molecule has 2 heterocycles. The molecule has 0 radical (unpaired) electrons. The van der Waals surface area contributed by atoms with E-state index < -0.39 is 0 Å². The van der Waals surface area contributed by atoms with Gasteiger partial charge < -0.3 is 4.42 Å². The predicted molar refractivity (Wildman–Crippen MR) is 67.3 cm³/mol. The lowest BCUT2D eigenvalue weighted by Crippen LogP contribution is -1.92. The van der Waals surface area contributed by atoms with Gasteiger partial charge in [-0.25, -0.2) is 10.5 Å². The molecule has 0 saturated heterocycles. The SMILES string of the molecule is CC(C)Sc1n[nH]c(N/N=C\c2ccco2)n1. The van der Waals surface area contributed by atoms with E-state index in [0.717, 1.165) is 0 Å². The molecule has 2 rings (SSSR count). The summed E-state index contributed by atoms with van der Waals surface area (Å²) < 4.78 is 5.09. The predicted octanol–water partition coefficient (Wildman–Crippen LogP) is 2.34. The number of aromatic nitrogens is 3. The van der Waals surface area contributed by atoms with E-state index >= 15 is 0 Å². The third-order valence-electron chi connectivity index (χ3n) is 1.71. The molecule has 2 aromatic rings. The summed E-state index contributed by atoms with van der Waals surface area (Å²) >= 11 is 1.59. The Morgan fingerprint density at radius 1 is 1.59 bits per heavy atom. The summed E-state index contributed by atoms with van der Waals surface area (Å²) in [6, 6.07) is 3.61. The van der Waals surface area contributed by atoms with Gasteiger partial charge >= 0.3 is 0 Å². The highest BCUT2D eigenvalue weighted by atomic mass is 32.2. The zero-order valence-electron chi connectivity index (χ0n) is 9.54. The Kier molecular flexibility index (Phi) is 3.81. The zero-order valence-corrected chi connectivity index (χ0v) is 10.4. The van der Waals surface area contributed by atoms with Crippen molar-refractivity contribution in [1.82, 2.24) is 15.2 Å².